The Bertz CT molecular complexity index is 331. The number of ether oxygens (including phenoxy) is 1. The number of nitrogens with one attached hydrogen (secondary N) is 1. The zero-order valence-electron chi connectivity index (χ0n) is 13.7. The molecule has 2 rings (SSSR count). The summed E-state index contributed by atoms with van der Waals surface area (Å²) >= 11 is 0. The maximum atomic E-state index is 12.3. The summed E-state index contributed by atoms with van der Waals surface area (Å²) in [6, 6.07) is -0.389. The number of halogens is 2. The Hall–Kier alpha value is -0.0700. The van der Waals surface area contributed by atoms with Crippen LogP contribution in [0.25, 0.3) is 0 Å². The van der Waals surface area contributed by atoms with E-state index in [1.165, 1.54) is 12.8 Å². The van der Waals surface area contributed by atoms with E-state index in [0.717, 1.165) is 45.4 Å². The standard InChI is InChI=1S/C15H29N3O2.2ClH/c1-18(2)15(7-3-4-8-15)11-17-14(19)13(16)12-5-9-20-10-6-12;;/h12-13H,3-11,16H2,1-2H3,(H,17,19);2*1H. The number of nitrogens with zero attached hydrogens (tertiary/aromatic N) is 1. The monoisotopic (exact) mass is 355 g/mol. The summed E-state index contributed by atoms with van der Waals surface area (Å²) in [6.07, 6.45) is 6.61. The molecule has 7 heteroatoms. The van der Waals surface area contributed by atoms with Crippen molar-refractivity contribution in [2.45, 2.75) is 50.1 Å². The Kier molecular flexibility index (Phi) is 9.90. The molecular formula is C15H31Cl2N3O2. The number of carbonyl (C=O) groups is 1. The van der Waals surface area contributed by atoms with E-state index in [1.54, 1.807) is 0 Å². The molecule has 0 aromatic rings. The number of amides is 1. The van der Waals surface area contributed by atoms with Gasteiger partial charge >= 0.3 is 0 Å². The van der Waals surface area contributed by atoms with Crippen LogP contribution >= 0.6 is 24.8 Å². The Balaban J connectivity index is 0.00000220. The van der Waals surface area contributed by atoms with Crippen LogP contribution in [-0.4, -0.2) is 56.2 Å². The maximum Gasteiger partial charge on any atom is 0.237 e. The van der Waals surface area contributed by atoms with E-state index in [2.05, 4.69) is 24.3 Å². The van der Waals surface area contributed by atoms with Gasteiger partial charge in [0, 0.05) is 25.3 Å². The van der Waals surface area contributed by atoms with Gasteiger partial charge in [-0.3, -0.25) is 4.79 Å². The first-order valence-electron chi connectivity index (χ1n) is 7.84. The van der Waals surface area contributed by atoms with Gasteiger partial charge in [0.2, 0.25) is 5.91 Å². The summed E-state index contributed by atoms with van der Waals surface area (Å²) in [5.41, 5.74) is 6.24. The summed E-state index contributed by atoms with van der Waals surface area (Å²) < 4.78 is 5.32. The fraction of sp³-hybridized carbons (Fsp3) is 0.933. The highest BCUT2D eigenvalue weighted by Crippen LogP contribution is 2.33. The van der Waals surface area contributed by atoms with Crippen LogP contribution in [0.2, 0.25) is 0 Å². The van der Waals surface area contributed by atoms with Crippen molar-refractivity contribution < 1.29 is 9.53 Å². The first kappa shape index (κ1) is 21.9. The lowest BCUT2D eigenvalue weighted by molar-refractivity contribution is -0.124. The van der Waals surface area contributed by atoms with Crippen molar-refractivity contribution in [3.63, 3.8) is 0 Å². The maximum absolute atomic E-state index is 12.3. The molecule has 0 aromatic heterocycles. The smallest absolute Gasteiger partial charge is 0.237 e. The molecule has 0 radical (unpaired) electrons. The molecule has 132 valence electrons. The van der Waals surface area contributed by atoms with Gasteiger partial charge in [0.15, 0.2) is 0 Å². The van der Waals surface area contributed by atoms with Gasteiger partial charge in [-0.05, 0) is 45.7 Å². The summed E-state index contributed by atoms with van der Waals surface area (Å²) in [5, 5.41) is 3.10. The Morgan fingerprint density at radius 1 is 1.27 bits per heavy atom. The fourth-order valence-electron chi connectivity index (χ4n) is 3.47. The normalized spacial score (nSPS) is 22.5. The van der Waals surface area contributed by atoms with Crippen molar-refractivity contribution in [1.82, 2.24) is 10.2 Å². The molecule has 3 N–H and O–H groups in total. The predicted octanol–water partition coefficient (Wildman–Crippen LogP) is 1.57. The van der Waals surface area contributed by atoms with E-state index in [-0.39, 0.29) is 48.2 Å². The molecule has 0 aromatic carbocycles. The van der Waals surface area contributed by atoms with Gasteiger partial charge in [-0.25, -0.2) is 0 Å². The second-order valence-corrected chi connectivity index (χ2v) is 6.52. The van der Waals surface area contributed by atoms with Gasteiger partial charge in [0.05, 0.1) is 6.04 Å². The summed E-state index contributed by atoms with van der Waals surface area (Å²) in [4.78, 5) is 14.5. The topological polar surface area (TPSA) is 67.6 Å². The molecule has 1 heterocycles. The average molecular weight is 356 g/mol. The number of nitrogens with two attached hydrogens (primary N) is 1. The first-order valence-corrected chi connectivity index (χ1v) is 7.84. The van der Waals surface area contributed by atoms with Crippen molar-refractivity contribution in [2.24, 2.45) is 11.7 Å². The van der Waals surface area contributed by atoms with Crippen LogP contribution in [0.15, 0.2) is 0 Å². The van der Waals surface area contributed by atoms with Crippen molar-refractivity contribution in [3.05, 3.63) is 0 Å². The Morgan fingerprint density at radius 2 is 1.82 bits per heavy atom. The molecule has 5 nitrogen and oxygen atoms in total. The second kappa shape index (κ2) is 9.93. The van der Waals surface area contributed by atoms with Crippen LogP contribution in [0.3, 0.4) is 0 Å². The molecule has 1 unspecified atom stereocenters. The van der Waals surface area contributed by atoms with Crippen molar-refractivity contribution in [3.8, 4) is 0 Å². The van der Waals surface area contributed by atoms with E-state index in [9.17, 15) is 4.79 Å². The van der Waals surface area contributed by atoms with Gasteiger partial charge in [-0.1, -0.05) is 12.8 Å². The second-order valence-electron chi connectivity index (χ2n) is 6.52. The van der Waals surface area contributed by atoms with Crippen LogP contribution in [-0.2, 0) is 9.53 Å². The molecule has 22 heavy (non-hydrogen) atoms. The van der Waals surface area contributed by atoms with Crippen molar-refractivity contribution >= 4 is 30.7 Å². The van der Waals surface area contributed by atoms with Gasteiger partial charge in [-0.2, -0.15) is 0 Å². The van der Waals surface area contributed by atoms with E-state index < -0.39 is 0 Å². The molecule has 1 atom stereocenters. The summed E-state index contributed by atoms with van der Waals surface area (Å²) in [6.45, 7) is 2.18. The third kappa shape index (κ3) is 5.24. The van der Waals surface area contributed by atoms with E-state index in [4.69, 9.17) is 10.5 Å². The third-order valence-electron chi connectivity index (χ3n) is 5.15. The van der Waals surface area contributed by atoms with Gasteiger partial charge in [-0.15, -0.1) is 24.8 Å². The largest absolute Gasteiger partial charge is 0.381 e. The van der Waals surface area contributed by atoms with Crippen LogP contribution in [0.5, 0.6) is 0 Å². The minimum absolute atomic E-state index is 0. The van der Waals surface area contributed by atoms with Gasteiger partial charge in [0.1, 0.15) is 0 Å². The highest BCUT2D eigenvalue weighted by Gasteiger charge is 2.37. The molecular weight excluding hydrogens is 325 g/mol. The zero-order chi connectivity index (χ0) is 14.6. The van der Waals surface area contributed by atoms with Crippen LogP contribution in [0.1, 0.15) is 38.5 Å². The minimum Gasteiger partial charge on any atom is -0.381 e. The van der Waals surface area contributed by atoms with E-state index >= 15 is 0 Å². The molecule has 1 saturated heterocycles. The lowest BCUT2D eigenvalue weighted by atomic mass is 9.91. The highest BCUT2D eigenvalue weighted by atomic mass is 35.5. The molecule has 2 fully saturated rings. The van der Waals surface area contributed by atoms with E-state index in [1.807, 2.05) is 0 Å². The molecule has 1 aliphatic carbocycles. The van der Waals surface area contributed by atoms with Crippen LogP contribution < -0.4 is 11.1 Å². The number of likely N-dealkylation sites (N-methyl/N-ethyl adjacent to an activating group) is 1. The first-order chi connectivity index (χ1) is 9.55. The predicted molar refractivity (Wildman–Crippen MR) is 93.9 cm³/mol. The molecule has 0 bridgehead atoms. The summed E-state index contributed by atoms with van der Waals surface area (Å²) in [5.74, 6) is 0.271. The molecule has 1 amide bonds. The zero-order valence-corrected chi connectivity index (χ0v) is 15.3. The number of rotatable bonds is 5. The van der Waals surface area contributed by atoms with Gasteiger partial charge in [0.25, 0.3) is 0 Å². The lowest BCUT2D eigenvalue weighted by Gasteiger charge is -2.37. The van der Waals surface area contributed by atoms with E-state index in [0.29, 0.717) is 0 Å². The SMILES string of the molecule is CN(C)C1(CNC(=O)C(N)C2CCOCC2)CCCC1.Cl.Cl. The molecule has 1 saturated carbocycles. The lowest BCUT2D eigenvalue weighted by Crippen LogP contribution is -2.55. The minimum atomic E-state index is -0.389. The highest BCUT2D eigenvalue weighted by molar-refractivity contribution is 5.85. The fourth-order valence-corrected chi connectivity index (χ4v) is 3.47. The van der Waals surface area contributed by atoms with Crippen LogP contribution in [0.4, 0.5) is 0 Å². The molecule has 2 aliphatic rings. The average Bonchev–Trinajstić information content (AvgIpc) is 2.95. The van der Waals surface area contributed by atoms with Crippen LogP contribution in [0, 0.1) is 5.92 Å². The number of hydrogen-bond acceptors (Lipinski definition) is 4. The summed E-state index contributed by atoms with van der Waals surface area (Å²) in [7, 11) is 4.21. The van der Waals surface area contributed by atoms with Gasteiger partial charge < -0.3 is 20.7 Å². The Labute approximate surface area is 146 Å². The third-order valence-corrected chi connectivity index (χ3v) is 5.15. The van der Waals surface area contributed by atoms with Crippen molar-refractivity contribution in [2.75, 3.05) is 33.9 Å². The Morgan fingerprint density at radius 3 is 2.32 bits per heavy atom. The van der Waals surface area contributed by atoms with Crippen molar-refractivity contribution in [1.29, 1.82) is 0 Å². The number of hydrogen-bond donors (Lipinski definition) is 2. The molecule has 1 aliphatic heterocycles. The quantitative estimate of drug-likeness (QED) is 0.785. The number of carbonyl (C=O) groups excluding carboxylic acids is 1. The molecule has 0 spiro atoms.